The van der Waals surface area contributed by atoms with Crippen LogP contribution in [0.15, 0.2) is 71.8 Å². The zero-order valence-corrected chi connectivity index (χ0v) is 14.3. The molecule has 1 amide bonds. The van der Waals surface area contributed by atoms with E-state index in [0.717, 1.165) is 21.9 Å². The van der Waals surface area contributed by atoms with Crippen LogP contribution in [0.5, 0.6) is 0 Å². The van der Waals surface area contributed by atoms with Gasteiger partial charge in [0, 0.05) is 23.1 Å². The Morgan fingerprint density at radius 1 is 1.08 bits per heavy atom. The minimum absolute atomic E-state index is 0.185. The van der Waals surface area contributed by atoms with E-state index >= 15 is 0 Å². The fraction of sp³-hybridized carbons (Fsp3) is 0.100. The molecule has 0 unspecified atom stereocenters. The zero-order valence-electron chi connectivity index (χ0n) is 13.5. The van der Waals surface area contributed by atoms with Gasteiger partial charge < -0.3 is 4.74 Å². The summed E-state index contributed by atoms with van der Waals surface area (Å²) in [6.07, 6.45) is -0.599. The van der Waals surface area contributed by atoms with Crippen molar-refractivity contribution in [3.63, 3.8) is 0 Å². The van der Waals surface area contributed by atoms with Gasteiger partial charge in [-0.1, -0.05) is 60.1 Å². The van der Waals surface area contributed by atoms with Crippen molar-refractivity contribution in [1.29, 1.82) is 0 Å². The molecule has 1 heterocycles. The second kappa shape index (κ2) is 6.22. The summed E-state index contributed by atoms with van der Waals surface area (Å²) in [5.74, 6) is 0.200. The predicted molar refractivity (Wildman–Crippen MR) is 98.3 cm³/mol. The number of benzene rings is 3. The second-order valence-electron chi connectivity index (χ2n) is 5.82. The van der Waals surface area contributed by atoms with Crippen LogP contribution in [0, 0.1) is 0 Å². The largest absolute Gasteiger partial charge is 0.446 e. The van der Waals surface area contributed by atoms with Crippen LogP contribution >= 0.6 is 11.6 Å². The van der Waals surface area contributed by atoms with E-state index in [1.54, 1.807) is 12.1 Å². The molecular formula is C20H15ClN2O2. The monoisotopic (exact) mass is 350 g/mol. The van der Waals surface area contributed by atoms with Crippen molar-refractivity contribution < 1.29 is 9.53 Å². The molecule has 4 nitrogen and oxygen atoms in total. The normalized spacial score (nSPS) is 16.6. The Bertz CT molecular complexity index is 994. The van der Waals surface area contributed by atoms with E-state index in [1.165, 1.54) is 11.9 Å². The van der Waals surface area contributed by atoms with Gasteiger partial charge in [0.05, 0.1) is 0 Å². The van der Waals surface area contributed by atoms with Crippen molar-refractivity contribution in [1.82, 2.24) is 5.01 Å². The lowest BCUT2D eigenvalue weighted by atomic mass is 10.0. The third-order valence-electron chi connectivity index (χ3n) is 4.13. The van der Waals surface area contributed by atoms with Crippen LogP contribution in [0.3, 0.4) is 0 Å². The quantitative estimate of drug-likeness (QED) is 0.670. The van der Waals surface area contributed by atoms with Crippen molar-refractivity contribution in [2.45, 2.75) is 13.2 Å². The Hall–Kier alpha value is -2.85. The molecule has 0 N–H and O–H groups in total. The van der Waals surface area contributed by atoms with E-state index < -0.39 is 6.23 Å². The van der Waals surface area contributed by atoms with Crippen LogP contribution in [0.1, 0.15) is 24.3 Å². The van der Waals surface area contributed by atoms with Crippen molar-refractivity contribution >= 4 is 34.2 Å². The van der Waals surface area contributed by atoms with Gasteiger partial charge in [-0.15, -0.1) is 5.10 Å². The number of nitrogens with zero attached hydrogens (tertiary/aromatic N) is 2. The smallest absolute Gasteiger partial charge is 0.243 e. The van der Waals surface area contributed by atoms with E-state index in [1.807, 2.05) is 54.6 Å². The molecule has 1 aliphatic heterocycles. The highest BCUT2D eigenvalue weighted by molar-refractivity contribution is 6.31. The fourth-order valence-electron chi connectivity index (χ4n) is 2.97. The maximum atomic E-state index is 12.1. The lowest BCUT2D eigenvalue weighted by Gasteiger charge is -2.20. The fourth-order valence-corrected chi connectivity index (χ4v) is 3.16. The van der Waals surface area contributed by atoms with E-state index in [0.29, 0.717) is 10.9 Å². The molecule has 0 saturated heterocycles. The molecule has 3 aromatic carbocycles. The summed E-state index contributed by atoms with van der Waals surface area (Å²) in [5.41, 5.74) is 1.63. The Morgan fingerprint density at radius 2 is 1.84 bits per heavy atom. The van der Waals surface area contributed by atoms with Crippen molar-refractivity contribution in [3.8, 4) is 0 Å². The molecule has 0 bridgehead atoms. The third-order valence-corrected chi connectivity index (χ3v) is 4.36. The van der Waals surface area contributed by atoms with E-state index in [2.05, 4.69) is 5.10 Å². The number of carbonyl (C=O) groups excluding carboxylic acids is 1. The zero-order chi connectivity index (χ0) is 17.4. The molecule has 0 fully saturated rings. The SMILES string of the molecule is CC(=O)N1N=C(c2cccc(Cl)c2)O[C@H]1c1cccc2ccccc12. The molecule has 0 saturated carbocycles. The number of ether oxygens (including phenoxy) is 1. The van der Waals surface area contributed by atoms with Gasteiger partial charge in [0.1, 0.15) is 0 Å². The van der Waals surface area contributed by atoms with E-state index in [4.69, 9.17) is 16.3 Å². The highest BCUT2D eigenvalue weighted by Gasteiger charge is 2.34. The van der Waals surface area contributed by atoms with Crippen LogP contribution in [-0.4, -0.2) is 16.8 Å². The average molecular weight is 351 g/mol. The minimum atomic E-state index is -0.599. The molecule has 0 aliphatic carbocycles. The average Bonchev–Trinajstić information content (AvgIpc) is 3.07. The number of hydrogen-bond acceptors (Lipinski definition) is 3. The molecule has 0 spiro atoms. The number of rotatable bonds is 2. The van der Waals surface area contributed by atoms with Gasteiger partial charge in [0.15, 0.2) is 0 Å². The topological polar surface area (TPSA) is 41.9 Å². The summed E-state index contributed by atoms with van der Waals surface area (Å²) >= 11 is 6.06. The maximum Gasteiger partial charge on any atom is 0.243 e. The predicted octanol–water partition coefficient (Wildman–Crippen LogP) is 4.73. The van der Waals surface area contributed by atoms with E-state index in [-0.39, 0.29) is 5.91 Å². The Balaban J connectivity index is 1.79. The van der Waals surface area contributed by atoms with Crippen molar-refractivity contribution in [2.75, 3.05) is 0 Å². The van der Waals surface area contributed by atoms with Crippen LogP contribution in [0.4, 0.5) is 0 Å². The van der Waals surface area contributed by atoms with Crippen LogP contribution in [0.25, 0.3) is 10.8 Å². The van der Waals surface area contributed by atoms with Gasteiger partial charge in [0.2, 0.25) is 18.0 Å². The Morgan fingerprint density at radius 3 is 2.64 bits per heavy atom. The summed E-state index contributed by atoms with van der Waals surface area (Å²) in [5, 5.41) is 8.46. The molecule has 0 aromatic heterocycles. The number of amides is 1. The molecule has 1 aliphatic rings. The first-order chi connectivity index (χ1) is 12.1. The van der Waals surface area contributed by atoms with Crippen molar-refractivity contribution in [3.05, 3.63) is 82.9 Å². The lowest BCUT2D eigenvalue weighted by molar-refractivity contribution is -0.135. The second-order valence-corrected chi connectivity index (χ2v) is 6.25. The highest BCUT2D eigenvalue weighted by Crippen LogP contribution is 2.34. The highest BCUT2D eigenvalue weighted by atomic mass is 35.5. The number of fused-ring (bicyclic) bond motifs is 1. The van der Waals surface area contributed by atoms with E-state index in [9.17, 15) is 4.79 Å². The van der Waals surface area contributed by atoms with Gasteiger partial charge in [-0.05, 0) is 29.0 Å². The molecule has 1 atom stereocenters. The lowest BCUT2D eigenvalue weighted by Crippen LogP contribution is -2.25. The first-order valence-electron chi connectivity index (χ1n) is 7.92. The van der Waals surface area contributed by atoms with Gasteiger partial charge in [-0.2, -0.15) is 5.01 Å². The van der Waals surface area contributed by atoms with Crippen LogP contribution in [-0.2, 0) is 9.53 Å². The molecule has 25 heavy (non-hydrogen) atoms. The summed E-state index contributed by atoms with van der Waals surface area (Å²) in [7, 11) is 0. The van der Waals surface area contributed by atoms with Crippen LogP contribution < -0.4 is 0 Å². The molecular weight excluding hydrogens is 336 g/mol. The molecule has 124 valence electrons. The first kappa shape index (κ1) is 15.7. The molecule has 5 heteroatoms. The number of hydrazone groups is 1. The molecule has 3 aromatic rings. The summed E-state index contributed by atoms with van der Waals surface area (Å²) in [6, 6.07) is 21.2. The third kappa shape index (κ3) is 2.85. The summed E-state index contributed by atoms with van der Waals surface area (Å²) < 4.78 is 6.07. The number of carbonyl (C=O) groups is 1. The standard InChI is InChI=1S/C20H15ClN2O2/c1-13(24)23-20(18-11-5-7-14-6-2-3-10-17(14)18)25-19(22-23)15-8-4-9-16(21)12-15/h2-12,20H,1H3/t20-/m0/s1. The molecule has 0 radical (unpaired) electrons. The van der Waals surface area contributed by atoms with Crippen molar-refractivity contribution in [2.24, 2.45) is 5.10 Å². The Kier molecular flexibility index (Phi) is 3.90. The Labute approximate surface area is 150 Å². The number of halogens is 1. The van der Waals surface area contributed by atoms with Gasteiger partial charge >= 0.3 is 0 Å². The number of hydrogen-bond donors (Lipinski definition) is 0. The van der Waals surface area contributed by atoms with Gasteiger partial charge in [0.25, 0.3) is 0 Å². The first-order valence-corrected chi connectivity index (χ1v) is 8.30. The minimum Gasteiger partial charge on any atom is -0.446 e. The summed E-state index contributed by atoms with van der Waals surface area (Å²) in [4.78, 5) is 12.1. The maximum absolute atomic E-state index is 12.1. The van der Waals surface area contributed by atoms with Gasteiger partial charge in [-0.25, -0.2) is 0 Å². The van der Waals surface area contributed by atoms with Gasteiger partial charge in [-0.3, -0.25) is 4.79 Å². The van der Waals surface area contributed by atoms with Crippen LogP contribution in [0.2, 0.25) is 5.02 Å². The molecule has 4 rings (SSSR count). The summed E-state index contributed by atoms with van der Waals surface area (Å²) in [6.45, 7) is 1.48.